The van der Waals surface area contributed by atoms with E-state index in [1.54, 1.807) is 6.20 Å². The Bertz CT molecular complexity index is 560. The summed E-state index contributed by atoms with van der Waals surface area (Å²) >= 11 is 5.15. The molecule has 4 heteroatoms. The van der Waals surface area contributed by atoms with Crippen molar-refractivity contribution in [2.24, 2.45) is 0 Å². The smallest absolute Gasteiger partial charge is 0.130 e. The van der Waals surface area contributed by atoms with Crippen LogP contribution in [0.4, 0.5) is 0 Å². The Kier molecular flexibility index (Phi) is 3.10. The van der Waals surface area contributed by atoms with Crippen molar-refractivity contribution >= 4 is 12.2 Å². The lowest BCUT2D eigenvalue weighted by Crippen LogP contribution is -1.96. The van der Waals surface area contributed by atoms with Gasteiger partial charge in [0.25, 0.3) is 0 Å². The lowest BCUT2D eigenvalue weighted by molar-refractivity contribution is 0.935. The number of H-pyrrole nitrogens is 1. The molecule has 0 unspecified atom stereocenters. The Labute approximate surface area is 99.6 Å². The maximum absolute atomic E-state index is 5.15. The minimum absolute atomic E-state index is 0.627. The standard InChI is InChI=1S/C12H13N3S/c1-3-11-14-10(6-12(16)15-11)9-4-5-13-7-8(9)2/h4-7H,3H2,1-2H3,(H,14,15,16). The monoisotopic (exact) mass is 231 g/mol. The number of aromatic amines is 1. The molecule has 2 rings (SSSR count). The summed E-state index contributed by atoms with van der Waals surface area (Å²) in [6, 6.07) is 3.87. The van der Waals surface area contributed by atoms with Crippen LogP contribution in [0.5, 0.6) is 0 Å². The molecule has 2 heterocycles. The normalized spacial score (nSPS) is 10.4. The Morgan fingerprint density at radius 2 is 2.25 bits per heavy atom. The molecule has 0 fully saturated rings. The van der Waals surface area contributed by atoms with Crippen molar-refractivity contribution in [3.8, 4) is 11.3 Å². The fourth-order valence-electron chi connectivity index (χ4n) is 1.60. The minimum atomic E-state index is 0.627. The summed E-state index contributed by atoms with van der Waals surface area (Å²) in [5.74, 6) is 0.915. The zero-order chi connectivity index (χ0) is 11.5. The Hall–Kier alpha value is -1.55. The van der Waals surface area contributed by atoms with E-state index in [0.29, 0.717) is 4.64 Å². The molecule has 0 spiro atoms. The molecule has 1 N–H and O–H groups in total. The fraction of sp³-hybridized carbons (Fsp3) is 0.250. The van der Waals surface area contributed by atoms with Gasteiger partial charge in [0.05, 0.1) is 5.69 Å². The summed E-state index contributed by atoms with van der Waals surface area (Å²) in [5, 5.41) is 0. The van der Waals surface area contributed by atoms with Crippen LogP contribution in [0, 0.1) is 11.6 Å². The topological polar surface area (TPSA) is 41.6 Å². The Balaban J connectivity index is 2.60. The molecule has 82 valence electrons. The molecule has 0 aliphatic carbocycles. The molecule has 3 nitrogen and oxygen atoms in total. The van der Waals surface area contributed by atoms with Crippen molar-refractivity contribution in [3.63, 3.8) is 0 Å². The van der Waals surface area contributed by atoms with E-state index >= 15 is 0 Å². The van der Waals surface area contributed by atoms with Crippen LogP contribution in [-0.2, 0) is 6.42 Å². The van der Waals surface area contributed by atoms with Gasteiger partial charge in [0.15, 0.2) is 0 Å². The number of hydrogen-bond acceptors (Lipinski definition) is 3. The molecular weight excluding hydrogens is 218 g/mol. The Morgan fingerprint density at radius 1 is 1.44 bits per heavy atom. The lowest BCUT2D eigenvalue weighted by Gasteiger charge is -2.06. The highest BCUT2D eigenvalue weighted by molar-refractivity contribution is 7.71. The molecule has 0 atom stereocenters. The number of rotatable bonds is 2. The van der Waals surface area contributed by atoms with E-state index in [9.17, 15) is 0 Å². The second kappa shape index (κ2) is 4.53. The first-order valence-electron chi connectivity index (χ1n) is 5.22. The second-order valence-electron chi connectivity index (χ2n) is 3.62. The summed E-state index contributed by atoms with van der Waals surface area (Å²) in [4.78, 5) is 11.6. The number of nitrogens with zero attached hydrogens (tertiary/aromatic N) is 2. The Morgan fingerprint density at radius 3 is 2.94 bits per heavy atom. The fourth-order valence-corrected chi connectivity index (χ4v) is 1.82. The zero-order valence-corrected chi connectivity index (χ0v) is 10.1. The van der Waals surface area contributed by atoms with Gasteiger partial charge in [0.1, 0.15) is 10.5 Å². The third-order valence-corrected chi connectivity index (χ3v) is 2.65. The minimum Gasteiger partial charge on any atom is -0.343 e. The van der Waals surface area contributed by atoms with Gasteiger partial charge in [-0.15, -0.1) is 0 Å². The van der Waals surface area contributed by atoms with Crippen LogP contribution in [0.25, 0.3) is 11.3 Å². The van der Waals surface area contributed by atoms with Gasteiger partial charge in [-0.25, -0.2) is 4.98 Å². The van der Waals surface area contributed by atoms with E-state index in [0.717, 1.165) is 29.1 Å². The van der Waals surface area contributed by atoms with Crippen LogP contribution >= 0.6 is 12.2 Å². The van der Waals surface area contributed by atoms with Gasteiger partial charge in [-0.2, -0.15) is 0 Å². The molecule has 0 aromatic carbocycles. The molecule has 0 bridgehead atoms. The number of aryl methyl sites for hydroxylation is 2. The van der Waals surface area contributed by atoms with Crippen molar-refractivity contribution in [2.75, 3.05) is 0 Å². The van der Waals surface area contributed by atoms with Gasteiger partial charge in [-0.1, -0.05) is 19.1 Å². The maximum Gasteiger partial charge on any atom is 0.130 e. The largest absolute Gasteiger partial charge is 0.343 e. The highest BCUT2D eigenvalue weighted by atomic mass is 32.1. The van der Waals surface area contributed by atoms with Gasteiger partial charge in [-0.3, -0.25) is 4.98 Å². The molecular formula is C12H13N3S. The van der Waals surface area contributed by atoms with Crippen LogP contribution < -0.4 is 0 Å². The van der Waals surface area contributed by atoms with E-state index < -0.39 is 0 Å². The van der Waals surface area contributed by atoms with E-state index in [4.69, 9.17) is 12.2 Å². The number of hydrogen-bond donors (Lipinski definition) is 1. The van der Waals surface area contributed by atoms with E-state index in [1.165, 1.54) is 0 Å². The highest BCUT2D eigenvalue weighted by Gasteiger charge is 2.03. The van der Waals surface area contributed by atoms with Crippen LogP contribution in [0.15, 0.2) is 24.5 Å². The SMILES string of the molecule is CCc1nc(=S)cc(-c2ccncc2C)[nH]1. The van der Waals surface area contributed by atoms with E-state index in [1.807, 2.05) is 25.3 Å². The average Bonchev–Trinajstić information content (AvgIpc) is 2.28. The van der Waals surface area contributed by atoms with Gasteiger partial charge in [0.2, 0.25) is 0 Å². The first kappa shape index (κ1) is 11.0. The average molecular weight is 231 g/mol. The van der Waals surface area contributed by atoms with Crippen molar-refractivity contribution in [2.45, 2.75) is 20.3 Å². The summed E-state index contributed by atoms with van der Waals surface area (Å²) in [5.41, 5.74) is 3.26. The molecule has 0 aliphatic rings. The first-order valence-corrected chi connectivity index (χ1v) is 5.62. The summed E-state index contributed by atoms with van der Waals surface area (Å²) in [6.07, 6.45) is 4.48. The van der Waals surface area contributed by atoms with Gasteiger partial charge >= 0.3 is 0 Å². The first-order chi connectivity index (χ1) is 7.70. The van der Waals surface area contributed by atoms with Gasteiger partial charge in [0, 0.05) is 24.4 Å². The van der Waals surface area contributed by atoms with Crippen molar-refractivity contribution in [1.29, 1.82) is 0 Å². The van der Waals surface area contributed by atoms with Crippen LogP contribution in [0.2, 0.25) is 0 Å². The molecule has 2 aromatic rings. The van der Waals surface area contributed by atoms with Gasteiger partial charge in [-0.05, 0) is 24.6 Å². The third-order valence-electron chi connectivity index (χ3n) is 2.44. The quantitative estimate of drug-likeness (QED) is 0.808. The summed E-state index contributed by atoms with van der Waals surface area (Å²) in [7, 11) is 0. The lowest BCUT2D eigenvalue weighted by atomic mass is 10.1. The molecule has 0 radical (unpaired) electrons. The summed E-state index contributed by atoms with van der Waals surface area (Å²) in [6.45, 7) is 4.09. The molecule has 0 saturated carbocycles. The molecule has 2 aromatic heterocycles. The number of pyridine rings is 1. The van der Waals surface area contributed by atoms with E-state index in [-0.39, 0.29) is 0 Å². The third kappa shape index (κ3) is 2.17. The maximum atomic E-state index is 5.15. The van der Waals surface area contributed by atoms with Crippen LogP contribution in [0.1, 0.15) is 18.3 Å². The molecule has 0 aliphatic heterocycles. The molecule has 16 heavy (non-hydrogen) atoms. The molecule has 0 amide bonds. The van der Waals surface area contributed by atoms with Crippen molar-refractivity contribution in [3.05, 3.63) is 40.6 Å². The predicted octanol–water partition coefficient (Wildman–Crippen LogP) is 3.07. The van der Waals surface area contributed by atoms with E-state index in [2.05, 4.69) is 21.9 Å². The van der Waals surface area contributed by atoms with Gasteiger partial charge < -0.3 is 4.98 Å². The summed E-state index contributed by atoms with van der Waals surface area (Å²) < 4.78 is 0.627. The van der Waals surface area contributed by atoms with Crippen LogP contribution in [-0.4, -0.2) is 15.0 Å². The predicted molar refractivity (Wildman–Crippen MR) is 66.8 cm³/mol. The zero-order valence-electron chi connectivity index (χ0n) is 9.32. The van der Waals surface area contributed by atoms with Crippen LogP contribution in [0.3, 0.4) is 0 Å². The van der Waals surface area contributed by atoms with Crippen molar-refractivity contribution < 1.29 is 0 Å². The molecule has 0 saturated heterocycles. The number of nitrogens with one attached hydrogen (secondary N) is 1. The van der Waals surface area contributed by atoms with Crippen molar-refractivity contribution in [1.82, 2.24) is 15.0 Å². The number of aromatic nitrogens is 3. The highest BCUT2D eigenvalue weighted by Crippen LogP contribution is 2.20. The second-order valence-corrected chi connectivity index (χ2v) is 4.04.